The number of nitrogens with zero attached hydrogens (tertiary/aromatic N) is 2. The summed E-state index contributed by atoms with van der Waals surface area (Å²) in [4.78, 5) is 29.6. The maximum atomic E-state index is 12.4. The molecule has 146 valence electrons. The Hall–Kier alpha value is -2.90. The Labute approximate surface area is 176 Å². The Kier molecular flexibility index (Phi) is 6.07. The van der Waals surface area contributed by atoms with Gasteiger partial charge in [-0.25, -0.2) is 4.98 Å². The standard InChI is InChI=1S/C22H19N3O2S2/c26-20(15-28-14-18-13-21(27)25-10-11-29-22(25)23-18)24-19-9-5-4-8-17(19)12-16-6-2-1-3-7-16/h1-11,13H,12,14-15H2,(H,24,26). The van der Waals surface area contributed by atoms with Gasteiger partial charge in [0.05, 0.1) is 11.4 Å². The van der Waals surface area contributed by atoms with Gasteiger partial charge in [0.25, 0.3) is 5.56 Å². The second-order valence-corrected chi connectivity index (χ2v) is 8.36. The van der Waals surface area contributed by atoms with Crippen LogP contribution in [0.1, 0.15) is 16.8 Å². The van der Waals surface area contributed by atoms with Gasteiger partial charge in [-0.1, -0.05) is 48.5 Å². The van der Waals surface area contributed by atoms with E-state index in [2.05, 4.69) is 22.4 Å². The van der Waals surface area contributed by atoms with E-state index in [1.807, 2.05) is 47.8 Å². The van der Waals surface area contributed by atoms with E-state index in [1.165, 1.54) is 39.1 Å². The lowest BCUT2D eigenvalue weighted by atomic mass is 10.0. The molecule has 4 rings (SSSR count). The third-order valence-electron chi connectivity index (χ3n) is 4.37. The summed E-state index contributed by atoms with van der Waals surface area (Å²) >= 11 is 2.87. The number of benzene rings is 2. The van der Waals surface area contributed by atoms with Crippen LogP contribution in [-0.2, 0) is 17.0 Å². The molecule has 0 spiro atoms. The summed E-state index contributed by atoms with van der Waals surface area (Å²) in [5.41, 5.74) is 3.71. The summed E-state index contributed by atoms with van der Waals surface area (Å²) in [6, 6.07) is 19.6. The fourth-order valence-corrected chi connectivity index (χ4v) is 4.46. The van der Waals surface area contributed by atoms with E-state index >= 15 is 0 Å². The number of rotatable bonds is 7. The zero-order valence-electron chi connectivity index (χ0n) is 15.6. The number of nitrogens with one attached hydrogen (secondary N) is 1. The van der Waals surface area contributed by atoms with E-state index < -0.39 is 0 Å². The highest BCUT2D eigenvalue weighted by atomic mass is 32.2. The number of carbonyl (C=O) groups excluding carboxylic acids is 1. The van der Waals surface area contributed by atoms with Gasteiger partial charge >= 0.3 is 0 Å². The van der Waals surface area contributed by atoms with Crippen LogP contribution in [0.3, 0.4) is 0 Å². The van der Waals surface area contributed by atoms with Gasteiger partial charge < -0.3 is 5.32 Å². The van der Waals surface area contributed by atoms with Crippen LogP contribution in [0.2, 0.25) is 0 Å². The van der Waals surface area contributed by atoms with Crippen LogP contribution in [0.15, 0.2) is 77.0 Å². The van der Waals surface area contributed by atoms with Crippen LogP contribution < -0.4 is 10.9 Å². The first-order valence-corrected chi connectivity index (χ1v) is 11.2. The van der Waals surface area contributed by atoms with Gasteiger partial charge in [-0.3, -0.25) is 14.0 Å². The van der Waals surface area contributed by atoms with Crippen molar-refractivity contribution in [3.05, 3.63) is 99.4 Å². The molecule has 0 aliphatic carbocycles. The summed E-state index contributed by atoms with van der Waals surface area (Å²) in [5.74, 6) is 0.748. The monoisotopic (exact) mass is 421 g/mol. The molecule has 1 N–H and O–H groups in total. The van der Waals surface area contributed by atoms with Crippen molar-refractivity contribution in [3.63, 3.8) is 0 Å². The summed E-state index contributed by atoms with van der Waals surface area (Å²) in [7, 11) is 0. The molecule has 2 heterocycles. The van der Waals surface area contributed by atoms with Crippen molar-refractivity contribution in [1.29, 1.82) is 0 Å². The minimum absolute atomic E-state index is 0.0653. The Balaban J connectivity index is 1.35. The first-order valence-electron chi connectivity index (χ1n) is 9.14. The van der Waals surface area contributed by atoms with E-state index in [0.717, 1.165) is 17.7 Å². The van der Waals surface area contributed by atoms with Crippen molar-refractivity contribution in [2.45, 2.75) is 12.2 Å². The van der Waals surface area contributed by atoms with Gasteiger partial charge in [-0.05, 0) is 23.6 Å². The van der Waals surface area contributed by atoms with Crippen LogP contribution in [0.5, 0.6) is 0 Å². The summed E-state index contributed by atoms with van der Waals surface area (Å²) in [6.07, 6.45) is 2.48. The lowest BCUT2D eigenvalue weighted by molar-refractivity contribution is -0.113. The average molecular weight is 422 g/mol. The fourth-order valence-electron chi connectivity index (χ4n) is 3.01. The van der Waals surface area contributed by atoms with Crippen LogP contribution in [-0.4, -0.2) is 21.0 Å². The van der Waals surface area contributed by atoms with Crippen molar-refractivity contribution in [3.8, 4) is 0 Å². The van der Waals surface area contributed by atoms with E-state index in [4.69, 9.17) is 0 Å². The molecule has 7 heteroatoms. The molecule has 29 heavy (non-hydrogen) atoms. The zero-order valence-corrected chi connectivity index (χ0v) is 17.2. The molecular weight excluding hydrogens is 402 g/mol. The predicted molar refractivity (Wildman–Crippen MR) is 120 cm³/mol. The summed E-state index contributed by atoms with van der Waals surface area (Å²) < 4.78 is 1.52. The number of hydrogen-bond acceptors (Lipinski definition) is 5. The molecule has 2 aromatic carbocycles. The first kappa shape index (κ1) is 19.4. The van der Waals surface area contributed by atoms with Crippen molar-refractivity contribution in [2.75, 3.05) is 11.1 Å². The molecule has 4 aromatic rings. The van der Waals surface area contributed by atoms with Crippen molar-refractivity contribution in [1.82, 2.24) is 9.38 Å². The molecule has 1 amide bonds. The van der Waals surface area contributed by atoms with E-state index in [-0.39, 0.29) is 11.5 Å². The quantitative estimate of drug-likeness (QED) is 0.485. The van der Waals surface area contributed by atoms with Gasteiger partial charge in [-0.2, -0.15) is 0 Å². The predicted octanol–water partition coefficient (Wildman–Crippen LogP) is 4.22. The molecule has 2 aromatic heterocycles. The number of aromatic nitrogens is 2. The number of carbonyl (C=O) groups is 1. The Morgan fingerprint density at radius 2 is 1.90 bits per heavy atom. The Morgan fingerprint density at radius 1 is 1.10 bits per heavy atom. The van der Waals surface area contributed by atoms with E-state index in [1.54, 1.807) is 6.20 Å². The van der Waals surface area contributed by atoms with Crippen LogP contribution in [0.4, 0.5) is 5.69 Å². The SMILES string of the molecule is O=C(CSCc1cc(=O)n2ccsc2n1)Nc1ccccc1Cc1ccccc1. The number of thioether (sulfide) groups is 1. The fraction of sp³-hybridized carbons (Fsp3) is 0.136. The molecule has 0 fully saturated rings. The number of hydrogen-bond donors (Lipinski definition) is 1. The van der Waals surface area contributed by atoms with Gasteiger partial charge in [0.1, 0.15) is 0 Å². The van der Waals surface area contributed by atoms with Crippen molar-refractivity contribution in [2.24, 2.45) is 0 Å². The van der Waals surface area contributed by atoms with Crippen molar-refractivity contribution < 1.29 is 4.79 Å². The summed E-state index contributed by atoms with van der Waals surface area (Å²) in [6.45, 7) is 0. The summed E-state index contributed by atoms with van der Waals surface area (Å²) in [5, 5.41) is 4.84. The Morgan fingerprint density at radius 3 is 2.76 bits per heavy atom. The maximum Gasteiger partial charge on any atom is 0.258 e. The largest absolute Gasteiger partial charge is 0.325 e. The third kappa shape index (κ3) is 4.93. The highest BCUT2D eigenvalue weighted by molar-refractivity contribution is 7.99. The second kappa shape index (κ2) is 9.07. The molecule has 0 atom stereocenters. The van der Waals surface area contributed by atoms with E-state index in [9.17, 15) is 9.59 Å². The van der Waals surface area contributed by atoms with Gasteiger partial charge in [0.2, 0.25) is 5.91 Å². The highest BCUT2D eigenvalue weighted by Gasteiger charge is 2.09. The lowest BCUT2D eigenvalue weighted by Crippen LogP contribution is -2.16. The number of anilines is 1. The normalized spacial score (nSPS) is 10.9. The van der Waals surface area contributed by atoms with Crippen molar-refractivity contribution >= 4 is 39.7 Å². The first-order chi connectivity index (χ1) is 14.2. The van der Waals surface area contributed by atoms with Crippen LogP contribution >= 0.6 is 23.1 Å². The molecule has 0 saturated carbocycles. The zero-order chi connectivity index (χ0) is 20.1. The minimum Gasteiger partial charge on any atom is -0.325 e. The van der Waals surface area contributed by atoms with Gasteiger partial charge in [0.15, 0.2) is 4.96 Å². The molecule has 0 unspecified atom stereocenters. The number of fused-ring (bicyclic) bond motifs is 1. The van der Waals surface area contributed by atoms with Crippen LogP contribution in [0.25, 0.3) is 4.96 Å². The molecular formula is C22H19N3O2S2. The van der Waals surface area contributed by atoms with Gasteiger partial charge in [-0.15, -0.1) is 23.1 Å². The maximum absolute atomic E-state index is 12.4. The smallest absolute Gasteiger partial charge is 0.258 e. The Bertz CT molecular complexity index is 1190. The van der Waals surface area contributed by atoms with Crippen LogP contribution in [0, 0.1) is 0 Å². The number of thiazole rings is 1. The van der Waals surface area contributed by atoms with Gasteiger partial charge in [0, 0.05) is 29.1 Å². The van der Waals surface area contributed by atoms with E-state index in [0.29, 0.717) is 22.2 Å². The molecule has 0 aliphatic heterocycles. The topological polar surface area (TPSA) is 63.5 Å². The molecule has 0 radical (unpaired) electrons. The number of para-hydroxylation sites is 1. The average Bonchev–Trinajstić information content (AvgIpc) is 3.20. The number of amides is 1. The molecule has 0 aliphatic rings. The lowest BCUT2D eigenvalue weighted by Gasteiger charge is -2.11. The minimum atomic E-state index is -0.0915. The molecule has 5 nitrogen and oxygen atoms in total. The molecule has 0 bridgehead atoms. The third-order valence-corrected chi connectivity index (χ3v) is 6.09. The highest BCUT2D eigenvalue weighted by Crippen LogP contribution is 2.20. The second-order valence-electron chi connectivity index (χ2n) is 6.50. The molecule has 0 saturated heterocycles.